The van der Waals surface area contributed by atoms with E-state index in [1.54, 1.807) is 36.3 Å². The van der Waals surface area contributed by atoms with Crippen molar-refractivity contribution < 1.29 is 14.3 Å². The molecule has 3 amide bonds. The fourth-order valence-electron chi connectivity index (χ4n) is 3.75. The van der Waals surface area contributed by atoms with E-state index in [-0.39, 0.29) is 11.9 Å². The number of carbonyl (C=O) groups excluding carboxylic acids is 2. The molecule has 1 N–H and O–H groups in total. The summed E-state index contributed by atoms with van der Waals surface area (Å²) in [6.45, 7) is 4.09. The number of amides is 3. The van der Waals surface area contributed by atoms with E-state index in [0.717, 1.165) is 24.2 Å². The second-order valence-electron chi connectivity index (χ2n) is 7.92. The first-order chi connectivity index (χ1) is 15.5. The number of rotatable bonds is 6. The van der Waals surface area contributed by atoms with Gasteiger partial charge in [0.25, 0.3) is 5.91 Å². The van der Waals surface area contributed by atoms with E-state index in [1.807, 2.05) is 29.2 Å². The minimum Gasteiger partial charge on any atom is -0.497 e. The zero-order chi connectivity index (χ0) is 22.5. The number of nitrogens with zero attached hydrogens (tertiary/aromatic N) is 2. The fraction of sp³-hybridized carbons (Fsp3) is 0.231. The Morgan fingerprint density at radius 2 is 1.62 bits per heavy atom. The van der Waals surface area contributed by atoms with Crippen molar-refractivity contribution >= 4 is 23.3 Å². The number of hydrogen-bond acceptors (Lipinski definition) is 3. The van der Waals surface area contributed by atoms with E-state index in [9.17, 15) is 9.59 Å². The lowest BCUT2D eigenvalue weighted by molar-refractivity contribution is 0.102. The minimum absolute atomic E-state index is 0.00634. The maximum atomic E-state index is 13.1. The number of benzene rings is 3. The van der Waals surface area contributed by atoms with Crippen LogP contribution in [0.25, 0.3) is 0 Å². The van der Waals surface area contributed by atoms with Crippen LogP contribution in [0, 0.1) is 6.92 Å². The number of ether oxygens (including phenoxy) is 1. The van der Waals surface area contributed by atoms with Gasteiger partial charge in [-0.15, -0.1) is 0 Å². The Morgan fingerprint density at radius 3 is 2.28 bits per heavy atom. The summed E-state index contributed by atoms with van der Waals surface area (Å²) < 4.78 is 5.12. The van der Waals surface area contributed by atoms with E-state index in [4.69, 9.17) is 4.74 Å². The third-order valence-electron chi connectivity index (χ3n) is 5.59. The van der Waals surface area contributed by atoms with E-state index in [1.165, 1.54) is 5.56 Å². The molecular formula is C26H27N3O3. The first-order valence-corrected chi connectivity index (χ1v) is 10.7. The van der Waals surface area contributed by atoms with Gasteiger partial charge in [-0.2, -0.15) is 0 Å². The summed E-state index contributed by atoms with van der Waals surface area (Å²) in [5, 5.41) is 2.89. The van der Waals surface area contributed by atoms with Crippen LogP contribution in [-0.2, 0) is 6.54 Å². The molecule has 1 aliphatic rings. The molecule has 0 radical (unpaired) electrons. The van der Waals surface area contributed by atoms with Crippen molar-refractivity contribution in [1.82, 2.24) is 4.90 Å². The summed E-state index contributed by atoms with van der Waals surface area (Å²) in [6.07, 6.45) is 0.910. The largest absolute Gasteiger partial charge is 0.497 e. The molecule has 164 valence electrons. The van der Waals surface area contributed by atoms with Crippen molar-refractivity contribution in [2.45, 2.75) is 19.9 Å². The average molecular weight is 430 g/mol. The van der Waals surface area contributed by atoms with Gasteiger partial charge in [0.15, 0.2) is 0 Å². The highest BCUT2D eigenvalue weighted by molar-refractivity contribution is 6.04. The van der Waals surface area contributed by atoms with E-state index in [0.29, 0.717) is 30.1 Å². The number of anilines is 2. The molecule has 3 aromatic carbocycles. The molecule has 0 unspecified atom stereocenters. The molecule has 0 aliphatic carbocycles. The highest BCUT2D eigenvalue weighted by Gasteiger charge is 2.26. The number of urea groups is 1. The standard InChI is InChI=1S/C26H27N3O3/c1-19-4-6-20(7-5-19)18-28-16-3-17-29(26(28)31)23-12-10-22(11-13-23)27-25(30)21-8-14-24(32-2)15-9-21/h4-15H,3,16-18H2,1-2H3,(H,27,30). The van der Waals surface area contributed by atoms with Gasteiger partial charge in [0, 0.05) is 36.6 Å². The molecule has 0 atom stereocenters. The van der Waals surface area contributed by atoms with Crippen LogP contribution >= 0.6 is 0 Å². The van der Waals surface area contributed by atoms with E-state index in [2.05, 4.69) is 36.5 Å². The van der Waals surface area contributed by atoms with Crippen molar-refractivity contribution in [3.8, 4) is 5.75 Å². The van der Waals surface area contributed by atoms with Crippen LogP contribution in [0.4, 0.5) is 16.2 Å². The van der Waals surface area contributed by atoms with Crippen molar-refractivity contribution in [3.05, 3.63) is 89.5 Å². The van der Waals surface area contributed by atoms with Gasteiger partial charge in [0.05, 0.1) is 7.11 Å². The lowest BCUT2D eigenvalue weighted by atomic mass is 10.1. The van der Waals surface area contributed by atoms with Crippen molar-refractivity contribution in [3.63, 3.8) is 0 Å². The predicted molar refractivity (Wildman–Crippen MR) is 126 cm³/mol. The van der Waals surface area contributed by atoms with Crippen LogP contribution in [0.3, 0.4) is 0 Å². The van der Waals surface area contributed by atoms with Crippen LogP contribution in [0.5, 0.6) is 5.75 Å². The van der Waals surface area contributed by atoms with Crippen molar-refractivity contribution in [2.75, 3.05) is 30.4 Å². The van der Waals surface area contributed by atoms with Crippen molar-refractivity contribution in [2.24, 2.45) is 0 Å². The predicted octanol–water partition coefficient (Wildman–Crippen LogP) is 5.09. The minimum atomic E-state index is -0.196. The SMILES string of the molecule is COc1ccc(C(=O)Nc2ccc(N3CCCN(Cc4ccc(C)cc4)C3=O)cc2)cc1. The van der Waals surface area contributed by atoms with Gasteiger partial charge < -0.3 is 15.0 Å². The monoisotopic (exact) mass is 429 g/mol. The molecule has 0 aromatic heterocycles. The van der Waals surface area contributed by atoms with Crippen LogP contribution in [0.1, 0.15) is 27.9 Å². The molecule has 1 fully saturated rings. The maximum Gasteiger partial charge on any atom is 0.324 e. The lowest BCUT2D eigenvalue weighted by Crippen LogP contribution is -2.49. The Balaban J connectivity index is 1.40. The summed E-state index contributed by atoms with van der Waals surface area (Å²) in [5.41, 5.74) is 4.39. The number of aryl methyl sites for hydroxylation is 1. The second-order valence-corrected chi connectivity index (χ2v) is 7.92. The zero-order valence-electron chi connectivity index (χ0n) is 18.4. The molecule has 3 aromatic rings. The summed E-state index contributed by atoms with van der Waals surface area (Å²) in [6, 6.07) is 22.6. The van der Waals surface area contributed by atoms with E-state index >= 15 is 0 Å². The second kappa shape index (κ2) is 9.56. The normalized spacial score (nSPS) is 13.8. The Hall–Kier alpha value is -3.80. The maximum absolute atomic E-state index is 13.1. The number of carbonyl (C=O) groups is 2. The Labute approximate surface area is 188 Å². The van der Waals surface area contributed by atoms with Gasteiger partial charge in [-0.05, 0) is 67.4 Å². The summed E-state index contributed by atoms with van der Waals surface area (Å²) in [7, 11) is 1.59. The number of nitrogens with one attached hydrogen (secondary N) is 1. The lowest BCUT2D eigenvalue weighted by Gasteiger charge is -2.35. The number of methoxy groups -OCH3 is 1. The first-order valence-electron chi connectivity index (χ1n) is 10.7. The molecule has 32 heavy (non-hydrogen) atoms. The average Bonchev–Trinajstić information content (AvgIpc) is 2.82. The summed E-state index contributed by atoms with van der Waals surface area (Å²) in [5.74, 6) is 0.507. The van der Waals surface area contributed by atoms with Gasteiger partial charge in [-0.1, -0.05) is 29.8 Å². The molecule has 0 bridgehead atoms. The molecule has 0 saturated carbocycles. The van der Waals surface area contributed by atoms with Crippen LogP contribution < -0.4 is 15.0 Å². The summed E-state index contributed by atoms with van der Waals surface area (Å²) >= 11 is 0. The molecule has 6 heteroatoms. The highest BCUT2D eigenvalue weighted by atomic mass is 16.5. The van der Waals surface area contributed by atoms with Gasteiger partial charge in [0.1, 0.15) is 5.75 Å². The van der Waals surface area contributed by atoms with Gasteiger partial charge in [0.2, 0.25) is 0 Å². The van der Waals surface area contributed by atoms with Gasteiger partial charge in [-0.25, -0.2) is 4.79 Å². The van der Waals surface area contributed by atoms with Crippen LogP contribution in [0.15, 0.2) is 72.8 Å². The van der Waals surface area contributed by atoms with Crippen molar-refractivity contribution in [1.29, 1.82) is 0 Å². The molecule has 1 aliphatic heterocycles. The summed E-state index contributed by atoms with van der Waals surface area (Å²) in [4.78, 5) is 29.2. The molecule has 4 rings (SSSR count). The molecule has 0 spiro atoms. The molecular weight excluding hydrogens is 402 g/mol. The molecule has 1 saturated heterocycles. The van der Waals surface area contributed by atoms with Gasteiger partial charge >= 0.3 is 6.03 Å². The Morgan fingerprint density at radius 1 is 0.938 bits per heavy atom. The molecule has 1 heterocycles. The fourth-order valence-corrected chi connectivity index (χ4v) is 3.75. The zero-order valence-corrected chi connectivity index (χ0v) is 18.4. The van der Waals surface area contributed by atoms with E-state index < -0.39 is 0 Å². The Bertz CT molecular complexity index is 1080. The van der Waals surface area contributed by atoms with Gasteiger partial charge in [-0.3, -0.25) is 9.69 Å². The smallest absolute Gasteiger partial charge is 0.324 e. The van der Waals surface area contributed by atoms with Crippen LogP contribution in [0.2, 0.25) is 0 Å². The third kappa shape index (κ3) is 4.91. The van der Waals surface area contributed by atoms with Crippen LogP contribution in [-0.4, -0.2) is 37.0 Å². The third-order valence-corrected chi connectivity index (χ3v) is 5.59. The first kappa shape index (κ1) is 21.4. The Kier molecular flexibility index (Phi) is 6.40. The topological polar surface area (TPSA) is 61.9 Å². The number of hydrogen-bond donors (Lipinski definition) is 1. The highest BCUT2D eigenvalue weighted by Crippen LogP contribution is 2.24. The molecule has 6 nitrogen and oxygen atoms in total. The quantitative estimate of drug-likeness (QED) is 0.594.